The summed E-state index contributed by atoms with van der Waals surface area (Å²) in [7, 11) is 0. The Morgan fingerprint density at radius 2 is 1.83 bits per heavy atom. The van der Waals surface area contributed by atoms with Crippen molar-refractivity contribution in [2.45, 2.75) is 31.8 Å². The van der Waals surface area contributed by atoms with Gasteiger partial charge in [0, 0.05) is 17.0 Å². The topological polar surface area (TPSA) is 30.7 Å². The van der Waals surface area contributed by atoms with Crippen molar-refractivity contribution in [2.75, 3.05) is 5.75 Å². The van der Waals surface area contributed by atoms with E-state index in [1.807, 2.05) is 18.2 Å². The smallest absolute Gasteiger partial charge is 0.196 e. The first-order valence-electron chi connectivity index (χ1n) is 8.00. The van der Waals surface area contributed by atoms with E-state index in [-0.39, 0.29) is 0 Å². The summed E-state index contributed by atoms with van der Waals surface area (Å²) < 4.78 is 2.17. The molecule has 3 aromatic rings. The van der Waals surface area contributed by atoms with Gasteiger partial charge in [-0.3, -0.25) is 4.57 Å². The lowest BCUT2D eigenvalue weighted by Crippen LogP contribution is -2.00. The minimum absolute atomic E-state index is 0.898. The zero-order chi connectivity index (χ0) is 16.1. The van der Waals surface area contributed by atoms with Crippen molar-refractivity contribution >= 4 is 11.8 Å². The summed E-state index contributed by atoms with van der Waals surface area (Å²) in [4.78, 5) is 0. The van der Waals surface area contributed by atoms with Crippen molar-refractivity contribution < 1.29 is 0 Å². The Kier molecular flexibility index (Phi) is 5.13. The van der Waals surface area contributed by atoms with Crippen molar-refractivity contribution in [3.8, 4) is 17.1 Å². The van der Waals surface area contributed by atoms with Crippen LogP contribution in [0.25, 0.3) is 17.1 Å². The van der Waals surface area contributed by atoms with Gasteiger partial charge >= 0.3 is 0 Å². The van der Waals surface area contributed by atoms with Gasteiger partial charge in [0.25, 0.3) is 0 Å². The van der Waals surface area contributed by atoms with Crippen LogP contribution in [0.2, 0.25) is 0 Å². The summed E-state index contributed by atoms with van der Waals surface area (Å²) in [6, 6.07) is 18.7. The summed E-state index contributed by atoms with van der Waals surface area (Å²) in [6.07, 6.45) is 2.38. The number of rotatable bonds is 6. The second-order valence-corrected chi connectivity index (χ2v) is 6.61. The third kappa shape index (κ3) is 3.64. The van der Waals surface area contributed by atoms with Crippen LogP contribution in [0, 0.1) is 6.92 Å². The van der Waals surface area contributed by atoms with Gasteiger partial charge < -0.3 is 0 Å². The highest BCUT2D eigenvalue weighted by atomic mass is 32.2. The molecular formula is C19H21N3S. The molecule has 1 aromatic heterocycles. The number of thioether (sulfide) groups is 1. The number of unbranched alkanes of at least 4 members (excludes halogenated alkanes) is 1. The molecular weight excluding hydrogens is 302 g/mol. The molecule has 4 heteroatoms. The highest BCUT2D eigenvalue weighted by Gasteiger charge is 2.15. The maximum Gasteiger partial charge on any atom is 0.196 e. The fraction of sp³-hybridized carbons (Fsp3) is 0.263. The molecule has 1 heterocycles. The van der Waals surface area contributed by atoms with Crippen molar-refractivity contribution in [3.63, 3.8) is 0 Å². The predicted molar refractivity (Wildman–Crippen MR) is 97.2 cm³/mol. The zero-order valence-corrected chi connectivity index (χ0v) is 14.4. The van der Waals surface area contributed by atoms with Gasteiger partial charge in [-0.25, -0.2) is 0 Å². The molecule has 0 aliphatic rings. The number of nitrogens with zero attached hydrogens (tertiary/aromatic N) is 3. The molecule has 0 N–H and O–H groups in total. The first-order valence-corrected chi connectivity index (χ1v) is 8.99. The number of hydrogen-bond acceptors (Lipinski definition) is 3. The number of hydrogen-bond donors (Lipinski definition) is 0. The van der Waals surface area contributed by atoms with E-state index in [1.54, 1.807) is 11.8 Å². The number of aromatic nitrogens is 3. The molecule has 0 unspecified atom stereocenters. The Labute approximate surface area is 141 Å². The minimum atomic E-state index is 0.898. The molecule has 0 spiro atoms. The van der Waals surface area contributed by atoms with Gasteiger partial charge in [0.1, 0.15) is 0 Å². The van der Waals surface area contributed by atoms with E-state index in [1.165, 1.54) is 18.4 Å². The molecule has 0 fully saturated rings. The van der Waals surface area contributed by atoms with Gasteiger partial charge in [-0.1, -0.05) is 67.6 Å². The molecule has 0 saturated heterocycles. The third-order valence-corrected chi connectivity index (χ3v) is 4.67. The van der Waals surface area contributed by atoms with E-state index in [9.17, 15) is 0 Å². The normalized spacial score (nSPS) is 10.9. The van der Waals surface area contributed by atoms with Crippen LogP contribution < -0.4 is 0 Å². The maximum absolute atomic E-state index is 4.46. The molecule has 118 valence electrons. The summed E-state index contributed by atoms with van der Waals surface area (Å²) >= 11 is 1.78. The van der Waals surface area contributed by atoms with Gasteiger partial charge in [0.2, 0.25) is 0 Å². The Bertz CT molecular complexity index is 765. The maximum atomic E-state index is 4.46. The molecule has 3 rings (SSSR count). The largest absolute Gasteiger partial charge is 0.270 e. The van der Waals surface area contributed by atoms with E-state index in [0.29, 0.717) is 0 Å². The van der Waals surface area contributed by atoms with Crippen LogP contribution in [-0.2, 0) is 0 Å². The first kappa shape index (κ1) is 15.8. The lowest BCUT2D eigenvalue weighted by atomic mass is 10.2. The van der Waals surface area contributed by atoms with E-state index >= 15 is 0 Å². The third-order valence-electron chi connectivity index (χ3n) is 3.65. The van der Waals surface area contributed by atoms with Crippen LogP contribution in [0.15, 0.2) is 59.8 Å². The molecule has 0 saturated carbocycles. The monoisotopic (exact) mass is 323 g/mol. The van der Waals surface area contributed by atoms with Gasteiger partial charge in [0.15, 0.2) is 11.0 Å². The Morgan fingerprint density at radius 3 is 2.57 bits per heavy atom. The Balaban J connectivity index is 2.06. The van der Waals surface area contributed by atoms with Crippen molar-refractivity contribution in [1.82, 2.24) is 14.8 Å². The lowest BCUT2D eigenvalue weighted by Gasteiger charge is -2.11. The standard InChI is InChI=1S/C19H21N3S/c1-3-4-13-23-19-21-20-18(16-10-6-5-7-11-16)22(19)17-12-8-9-15(2)14-17/h5-12,14H,3-4,13H2,1-2H3. The molecule has 0 radical (unpaired) electrons. The van der Waals surface area contributed by atoms with Crippen LogP contribution in [0.4, 0.5) is 0 Å². The zero-order valence-electron chi connectivity index (χ0n) is 13.6. The second-order valence-electron chi connectivity index (χ2n) is 5.55. The van der Waals surface area contributed by atoms with Crippen molar-refractivity contribution in [2.24, 2.45) is 0 Å². The van der Waals surface area contributed by atoms with E-state index in [0.717, 1.165) is 28.0 Å². The van der Waals surface area contributed by atoms with E-state index in [4.69, 9.17) is 0 Å². The van der Waals surface area contributed by atoms with Gasteiger partial charge in [-0.2, -0.15) is 0 Å². The highest BCUT2D eigenvalue weighted by molar-refractivity contribution is 7.99. The van der Waals surface area contributed by atoms with E-state index in [2.05, 4.69) is 65.0 Å². The average molecular weight is 323 g/mol. The minimum Gasteiger partial charge on any atom is -0.270 e. The average Bonchev–Trinajstić information content (AvgIpc) is 3.00. The Morgan fingerprint density at radius 1 is 1.00 bits per heavy atom. The Hall–Kier alpha value is -2.07. The second kappa shape index (κ2) is 7.47. The summed E-state index contributed by atoms with van der Waals surface area (Å²) in [5, 5.41) is 9.87. The highest BCUT2D eigenvalue weighted by Crippen LogP contribution is 2.28. The molecule has 0 bridgehead atoms. The van der Waals surface area contributed by atoms with E-state index < -0.39 is 0 Å². The van der Waals surface area contributed by atoms with Crippen molar-refractivity contribution in [3.05, 3.63) is 60.2 Å². The van der Waals surface area contributed by atoms with Crippen LogP contribution in [0.1, 0.15) is 25.3 Å². The molecule has 2 aromatic carbocycles. The predicted octanol–water partition coefficient (Wildman–Crippen LogP) is 5.13. The first-order chi connectivity index (χ1) is 11.3. The molecule has 23 heavy (non-hydrogen) atoms. The number of benzene rings is 2. The molecule has 3 nitrogen and oxygen atoms in total. The fourth-order valence-electron chi connectivity index (χ4n) is 2.45. The number of aryl methyl sites for hydroxylation is 1. The quantitative estimate of drug-likeness (QED) is 0.465. The summed E-state index contributed by atoms with van der Waals surface area (Å²) in [5.41, 5.74) is 3.44. The fourth-order valence-corrected chi connectivity index (χ4v) is 3.48. The molecule has 0 amide bonds. The van der Waals surface area contributed by atoms with Crippen LogP contribution in [0.5, 0.6) is 0 Å². The van der Waals surface area contributed by atoms with Gasteiger partial charge in [-0.15, -0.1) is 10.2 Å². The van der Waals surface area contributed by atoms with Crippen molar-refractivity contribution in [1.29, 1.82) is 0 Å². The summed E-state index contributed by atoms with van der Waals surface area (Å²) in [6.45, 7) is 4.32. The molecule has 0 aliphatic heterocycles. The van der Waals surface area contributed by atoms with Crippen LogP contribution in [0.3, 0.4) is 0 Å². The molecule has 0 aliphatic carbocycles. The van der Waals surface area contributed by atoms with Crippen LogP contribution in [-0.4, -0.2) is 20.5 Å². The van der Waals surface area contributed by atoms with Gasteiger partial charge in [0.05, 0.1) is 0 Å². The molecule has 0 atom stereocenters. The lowest BCUT2D eigenvalue weighted by molar-refractivity contribution is 0.865. The van der Waals surface area contributed by atoms with Crippen LogP contribution >= 0.6 is 11.8 Å². The summed E-state index contributed by atoms with van der Waals surface area (Å²) in [5.74, 6) is 1.96. The SMILES string of the molecule is CCCCSc1nnc(-c2ccccc2)n1-c1cccc(C)c1. The van der Waals surface area contributed by atoms with Gasteiger partial charge in [-0.05, 0) is 31.0 Å².